The largest absolute Gasteiger partial charge is 0.491 e. The smallest absolute Gasteiger partial charge is 0.167 e. The normalized spacial score (nSPS) is 17.3. The Morgan fingerprint density at radius 1 is 1.03 bits per heavy atom. The van der Waals surface area contributed by atoms with E-state index in [9.17, 15) is 4.79 Å². The second kappa shape index (κ2) is 9.21. The van der Waals surface area contributed by atoms with E-state index in [0.29, 0.717) is 6.61 Å². The number of carbonyl (C=O) groups excluding carboxylic acids is 1. The minimum Gasteiger partial charge on any atom is -0.491 e. The number of piperidine rings is 1. The van der Waals surface area contributed by atoms with Gasteiger partial charge in [-0.05, 0) is 47.9 Å². The summed E-state index contributed by atoms with van der Waals surface area (Å²) in [4.78, 5) is 15.7. The summed E-state index contributed by atoms with van der Waals surface area (Å²) in [6, 6.07) is 22.1. The zero-order chi connectivity index (χ0) is 20.1. The molecule has 1 atom stereocenters. The van der Waals surface area contributed by atoms with Crippen molar-refractivity contribution in [3.63, 3.8) is 0 Å². The molecule has 1 aliphatic rings. The highest BCUT2D eigenvalue weighted by Gasteiger charge is 2.27. The fraction of sp³-hybridized carbons (Fsp3) is 0.320. The van der Waals surface area contributed by atoms with Crippen molar-refractivity contribution < 1.29 is 14.6 Å². The van der Waals surface area contributed by atoms with Crippen LogP contribution in [-0.2, 0) is 6.54 Å². The summed E-state index contributed by atoms with van der Waals surface area (Å²) in [5.74, 6) is 1.08. The van der Waals surface area contributed by atoms with Crippen molar-refractivity contribution in [1.29, 1.82) is 0 Å². The molecule has 4 rings (SSSR count). The average Bonchev–Trinajstić information content (AvgIpc) is 2.78. The van der Waals surface area contributed by atoms with Crippen molar-refractivity contribution in [2.75, 3.05) is 26.3 Å². The third kappa shape index (κ3) is 4.66. The van der Waals surface area contributed by atoms with Gasteiger partial charge in [-0.3, -0.25) is 9.69 Å². The number of fused-ring (bicyclic) bond motifs is 1. The van der Waals surface area contributed by atoms with Crippen molar-refractivity contribution in [1.82, 2.24) is 4.90 Å². The van der Waals surface area contributed by atoms with Gasteiger partial charge in [-0.25, -0.2) is 0 Å². The van der Waals surface area contributed by atoms with Gasteiger partial charge in [0, 0.05) is 24.6 Å². The molecule has 0 unspecified atom stereocenters. The number of aliphatic hydroxyl groups is 1. The molecule has 1 aliphatic heterocycles. The number of hydrogen-bond acceptors (Lipinski definition) is 4. The Hall–Kier alpha value is -2.69. The molecular formula is C25H27NO3. The predicted molar refractivity (Wildman–Crippen MR) is 115 cm³/mol. The number of carbonyl (C=O) groups is 1. The Balaban J connectivity index is 1.43. The van der Waals surface area contributed by atoms with Crippen LogP contribution in [-0.4, -0.2) is 42.1 Å². The highest BCUT2D eigenvalue weighted by Crippen LogP contribution is 2.26. The number of likely N-dealkylation sites (tertiary alicyclic amines) is 1. The third-order valence-electron chi connectivity index (χ3n) is 5.62. The monoisotopic (exact) mass is 389 g/mol. The zero-order valence-corrected chi connectivity index (χ0v) is 16.6. The van der Waals surface area contributed by atoms with E-state index in [0.717, 1.165) is 54.6 Å². The van der Waals surface area contributed by atoms with Gasteiger partial charge >= 0.3 is 0 Å². The van der Waals surface area contributed by atoms with E-state index in [-0.39, 0.29) is 18.3 Å². The molecule has 0 amide bonds. The maximum Gasteiger partial charge on any atom is 0.167 e. The molecule has 0 spiro atoms. The highest BCUT2D eigenvalue weighted by atomic mass is 16.5. The second-order valence-corrected chi connectivity index (χ2v) is 7.68. The molecule has 1 saturated heterocycles. The van der Waals surface area contributed by atoms with Crippen molar-refractivity contribution in [3.05, 3.63) is 77.9 Å². The number of Topliss-reactive ketones (excluding diaryl/α,β-unsaturated/α-hetero) is 1. The van der Waals surface area contributed by atoms with E-state index in [2.05, 4.69) is 29.2 Å². The number of nitrogens with zero attached hydrogens (tertiary/aromatic N) is 1. The van der Waals surface area contributed by atoms with Gasteiger partial charge < -0.3 is 9.84 Å². The summed E-state index contributed by atoms with van der Waals surface area (Å²) in [7, 11) is 0. The molecule has 150 valence electrons. The van der Waals surface area contributed by atoms with E-state index in [4.69, 9.17) is 9.84 Å². The Morgan fingerprint density at radius 2 is 1.83 bits per heavy atom. The maximum atomic E-state index is 13.3. The van der Waals surface area contributed by atoms with Crippen LogP contribution in [0.25, 0.3) is 10.8 Å². The summed E-state index contributed by atoms with van der Waals surface area (Å²) in [6.45, 7) is 2.97. The fourth-order valence-electron chi connectivity index (χ4n) is 4.19. The summed E-state index contributed by atoms with van der Waals surface area (Å²) < 4.78 is 5.42. The van der Waals surface area contributed by atoms with Crippen LogP contribution in [0.2, 0.25) is 0 Å². The zero-order valence-electron chi connectivity index (χ0n) is 16.6. The van der Waals surface area contributed by atoms with Gasteiger partial charge in [0.1, 0.15) is 12.4 Å². The fourth-order valence-corrected chi connectivity index (χ4v) is 4.19. The van der Waals surface area contributed by atoms with Gasteiger partial charge in [-0.2, -0.15) is 0 Å². The van der Waals surface area contributed by atoms with Crippen LogP contribution in [0, 0.1) is 5.92 Å². The second-order valence-electron chi connectivity index (χ2n) is 7.68. The van der Waals surface area contributed by atoms with Crippen molar-refractivity contribution in [2.24, 2.45) is 5.92 Å². The minimum absolute atomic E-state index is 0.0155. The van der Waals surface area contributed by atoms with E-state index in [1.807, 2.05) is 42.5 Å². The Kier molecular flexibility index (Phi) is 6.23. The highest BCUT2D eigenvalue weighted by molar-refractivity contribution is 6.09. The Morgan fingerprint density at radius 3 is 2.66 bits per heavy atom. The van der Waals surface area contributed by atoms with Gasteiger partial charge in [-0.1, -0.05) is 54.6 Å². The SMILES string of the molecule is O=C(c1cccc2ccccc12)[C@H]1CCCN(Cc2ccc(OCCO)cc2)C1. The molecular weight excluding hydrogens is 362 g/mol. The van der Waals surface area contributed by atoms with E-state index in [1.54, 1.807) is 0 Å². The minimum atomic E-state index is 0.0155. The Bertz CT molecular complexity index is 962. The molecule has 1 N–H and O–H groups in total. The molecule has 0 radical (unpaired) electrons. The maximum absolute atomic E-state index is 13.3. The lowest BCUT2D eigenvalue weighted by Crippen LogP contribution is -2.38. The van der Waals surface area contributed by atoms with Crippen molar-refractivity contribution >= 4 is 16.6 Å². The lowest BCUT2D eigenvalue weighted by atomic mass is 9.88. The van der Waals surface area contributed by atoms with Crippen LogP contribution in [0.3, 0.4) is 0 Å². The van der Waals surface area contributed by atoms with Crippen LogP contribution >= 0.6 is 0 Å². The van der Waals surface area contributed by atoms with Crippen LogP contribution < -0.4 is 4.74 Å². The summed E-state index contributed by atoms with van der Waals surface area (Å²) in [5, 5.41) is 11.0. The molecule has 0 bridgehead atoms. The van der Waals surface area contributed by atoms with Gasteiger partial charge in [0.15, 0.2) is 5.78 Å². The number of ether oxygens (including phenoxy) is 1. The molecule has 0 saturated carbocycles. The molecule has 29 heavy (non-hydrogen) atoms. The van der Waals surface area contributed by atoms with Gasteiger partial charge in [0.2, 0.25) is 0 Å². The molecule has 0 aromatic heterocycles. The van der Waals surface area contributed by atoms with Crippen molar-refractivity contribution in [2.45, 2.75) is 19.4 Å². The lowest BCUT2D eigenvalue weighted by molar-refractivity contribution is 0.0813. The molecule has 0 aliphatic carbocycles. The van der Waals surface area contributed by atoms with Gasteiger partial charge in [0.25, 0.3) is 0 Å². The van der Waals surface area contributed by atoms with Crippen LogP contribution in [0.15, 0.2) is 66.7 Å². The first-order chi connectivity index (χ1) is 14.2. The van der Waals surface area contributed by atoms with Crippen molar-refractivity contribution in [3.8, 4) is 5.75 Å². The van der Waals surface area contributed by atoms with E-state index < -0.39 is 0 Å². The first-order valence-electron chi connectivity index (χ1n) is 10.3. The topological polar surface area (TPSA) is 49.8 Å². The number of hydrogen-bond donors (Lipinski definition) is 1. The predicted octanol–water partition coefficient (Wildman–Crippen LogP) is 4.31. The molecule has 4 nitrogen and oxygen atoms in total. The van der Waals surface area contributed by atoms with E-state index in [1.165, 1.54) is 5.56 Å². The summed E-state index contributed by atoms with van der Waals surface area (Å²) in [6.07, 6.45) is 1.99. The molecule has 3 aromatic rings. The third-order valence-corrected chi connectivity index (χ3v) is 5.62. The summed E-state index contributed by atoms with van der Waals surface area (Å²) in [5.41, 5.74) is 2.06. The average molecular weight is 389 g/mol. The van der Waals surface area contributed by atoms with E-state index >= 15 is 0 Å². The number of rotatable bonds is 7. The van der Waals surface area contributed by atoms with Gasteiger partial charge in [-0.15, -0.1) is 0 Å². The van der Waals surface area contributed by atoms with Crippen LogP contribution in [0.1, 0.15) is 28.8 Å². The standard InChI is InChI=1S/C25H27NO3/c27-15-16-29-22-12-10-19(11-13-22)17-26-14-4-7-21(18-26)25(28)24-9-3-6-20-5-1-2-8-23(20)24/h1-3,5-6,8-13,21,27H,4,7,14-18H2/t21-/m0/s1. The van der Waals surface area contributed by atoms with Crippen LogP contribution in [0.4, 0.5) is 0 Å². The van der Waals surface area contributed by atoms with Gasteiger partial charge in [0.05, 0.1) is 6.61 Å². The number of ketones is 1. The Labute approximate surface area is 171 Å². The molecule has 1 heterocycles. The number of aliphatic hydroxyl groups excluding tert-OH is 1. The quantitative estimate of drug-likeness (QED) is 0.612. The molecule has 1 fully saturated rings. The first kappa shape index (κ1) is 19.6. The van der Waals surface area contributed by atoms with Crippen LogP contribution in [0.5, 0.6) is 5.75 Å². The lowest BCUT2D eigenvalue weighted by Gasteiger charge is -2.32. The molecule has 3 aromatic carbocycles. The molecule has 4 heteroatoms. The summed E-state index contributed by atoms with van der Waals surface area (Å²) >= 11 is 0. The number of benzene rings is 3. The first-order valence-corrected chi connectivity index (χ1v) is 10.3.